The van der Waals surface area contributed by atoms with E-state index in [1.807, 2.05) is 0 Å². The number of hydrogen-bond acceptors (Lipinski definition) is 3. The van der Waals surface area contributed by atoms with Crippen LogP contribution in [0.1, 0.15) is 6.92 Å². The Morgan fingerprint density at radius 3 is 2.12 bits per heavy atom. The molecule has 0 saturated heterocycles. The molecular formula is C4H11N3O. The van der Waals surface area contributed by atoms with Crippen molar-refractivity contribution in [2.75, 3.05) is 0 Å². The monoisotopic (exact) mass is 117 g/mol. The predicted molar refractivity (Wildman–Crippen MR) is 31.6 cm³/mol. The molecule has 0 aromatic carbocycles. The molecule has 0 saturated carbocycles. The Labute approximate surface area is 48.0 Å². The molecule has 0 aromatic heterocycles. The third-order valence-electron chi connectivity index (χ3n) is 0.879. The van der Waals surface area contributed by atoms with Gasteiger partial charge in [0.1, 0.15) is 5.84 Å². The highest BCUT2D eigenvalue weighted by molar-refractivity contribution is 5.82. The lowest BCUT2D eigenvalue weighted by molar-refractivity contribution is 0.185. The van der Waals surface area contributed by atoms with Gasteiger partial charge in [-0.05, 0) is 6.92 Å². The van der Waals surface area contributed by atoms with Crippen molar-refractivity contribution in [1.29, 1.82) is 5.41 Å². The van der Waals surface area contributed by atoms with Gasteiger partial charge >= 0.3 is 0 Å². The molecule has 0 spiro atoms. The SMILES string of the molecule is C[C@@H](O)[C@@H](N)C(=N)N. The molecule has 2 atom stereocenters. The molecule has 0 amide bonds. The fraction of sp³-hybridized carbons (Fsp3) is 0.750. The van der Waals surface area contributed by atoms with Crippen molar-refractivity contribution < 1.29 is 5.11 Å². The number of aliphatic hydroxyl groups excluding tert-OH is 1. The molecule has 0 aliphatic heterocycles. The van der Waals surface area contributed by atoms with Gasteiger partial charge in [-0.25, -0.2) is 0 Å². The zero-order valence-corrected chi connectivity index (χ0v) is 4.76. The molecule has 0 bridgehead atoms. The molecule has 0 rings (SSSR count). The van der Waals surface area contributed by atoms with Crippen molar-refractivity contribution >= 4 is 5.84 Å². The van der Waals surface area contributed by atoms with E-state index < -0.39 is 12.1 Å². The molecular weight excluding hydrogens is 106 g/mol. The minimum atomic E-state index is -0.729. The lowest BCUT2D eigenvalue weighted by Crippen LogP contribution is -2.43. The summed E-state index contributed by atoms with van der Waals surface area (Å²) in [5.74, 6) is -0.181. The van der Waals surface area contributed by atoms with Crippen LogP contribution in [0.2, 0.25) is 0 Å². The average molecular weight is 117 g/mol. The van der Waals surface area contributed by atoms with E-state index in [0.29, 0.717) is 0 Å². The second-order valence-electron chi connectivity index (χ2n) is 1.72. The van der Waals surface area contributed by atoms with Gasteiger partial charge in [0.05, 0.1) is 12.1 Å². The van der Waals surface area contributed by atoms with E-state index in [4.69, 9.17) is 22.0 Å². The van der Waals surface area contributed by atoms with Crippen LogP contribution in [0.5, 0.6) is 0 Å². The third kappa shape index (κ3) is 1.90. The fourth-order valence-corrected chi connectivity index (χ4v) is 0.260. The second kappa shape index (κ2) is 2.64. The maximum absolute atomic E-state index is 8.65. The molecule has 0 fully saturated rings. The Kier molecular flexibility index (Phi) is 2.44. The summed E-state index contributed by atoms with van der Waals surface area (Å²) < 4.78 is 0. The number of hydrogen-bond donors (Lipinski definition) is 4. The Hall–Kier alpha value is -0.610. The Balaban J connectivity index is 3.64. The first-order valence-electron chi connectivity index (χ1n) is 2.33. The maximum atomic E-state index is 8.65. The zero-order valence-electron chi connectivity index (χ0n) is 4.76. The van der Waals surface area contributed by atoms with Crippen molar-refractivity contribution in [3.05, 3.63) is 0 Å². The molecule has 0 aliphatic carbocycles. The van der Waals surface area contributed by atoms with Gasteiger partial charge in [-0.15, -0.1) is 0 Å². The average Bonchev–Trinajstić information content (AvgIpc) is 1.64. The van der Waals surface area contributed by atoms with Crippen LogP contribution >= 0.6 is 0 Å². The first kappa shape index (κ1) is 7.39. The largest absolute Gasteiger partial charge is 0.391 e. The van der Waals surface area contributed by atoms with Crippen LogP contribution in [0.15, 0.2) is 0 Å². The fourth-order valence-electron chi connectivity index (χ4n) is 0.260. The van der Waals surface area contributed by atoms with Gasteiger partial charge in [0.2, 0.25) is 0 Å². The highest BCUT2D eigenvalue weighted by Gasteiger charge is 2.10. The molecule has 48 valence electrons. The summed E-state index contributed by atoms with van der Waals surface area (Å²) in [5.41, 5.74) is 10.1. The molecule has 4 nitrogen and oxygen atoms in total. The van der Waals surface area contributed by atoms with Crippen molar-refractivity contribution in [1.82, 2.24) is 0 Å². The van der Waals surface area contributed by atoms with Crippen molar-refractivity contribution in [2.45, 2.75) is 19.1 Å². The summed E-state index contributed by atoms with van der Waals surface area (Å²) in [7, 11) is 0. The van der Waals surface area contributed by atoms with E-state index >= 15 is 0 Å². The van der Waals surface area contributed by atoms with Gasteiger partial charge < -0.3 is 16.6 Å². The van der Waals surface area contributed by atoms with E-state index in [1.165, 1.54) is 6.92 Å². The molecule has 0 aromatic rings. The third-order valence-corrected chi connectivity index (χ3v) is 0.879. The zero-order chi connectivity index (χ0) is 6.73. The summed E-state index contributed by atoms with van der Waals surface area (Å²) in [5, 5.41) is 15.4. The van der Waals surface area contributed by atoms with Gasteiger partial charge in [0.25, 0.3) is 0 Å². The van der Waals surface area contributed by atoms with Crippen LogP contribution in [0.25, 0.3) is 0 Å². The van der Waals surface area contributed by atoms with Crippen LogP contribution < -0.4 is 11.5 Å². The number of nitrogens with one attached hydrogen (secondary N) is 1. The summed E-state index contributed by atoms with van der Waals surface area (Å²) in [6.07, 6.45) is -0.729. The van der Waals surface area contributed by atoms with E-state index in [1.54, 1.807) is 0 Å². The highest BCUT2D eigenvalue weighted by atomic mass is 16.3. The normalized spacial score (nSPS) is 17.4. The lowest BCUT2D eigenvalue weighted by atomic mass is 10.2. The number of rotatable bonds is 2. The second-order valence-corrected chi connectivity index (χ2v) is 1.72. The van der Waals surface area contributed by atoms with Gasteiger partial charge in [0.15, 0.2) is 0 Å². The number of amidine groups is 1. The van der Waals surface area contributed by atoms with Gasteiger partial charge in [0, 0.05) is 0 Å². The first-order chi connectivity index (χ1) is 3.55. The van der Waals surface area contributed by atoms with E-state index in [9.17, 15) is 0 Å². The van der Waals surface area contributed by atoms with Crippen LogP contribution in [-0.2, 0) is 0 Å². The summed E-state index contributed by atoms with van der Waals surface area (Å²) >= 11 is 0. The van der Waals surface area contributed by atoms with E-state index in [2.05, 4.69) is 0 Å². The molecule has 0 unspecified atom stereocenters. The Morgan fingerprint density at radius 1 is 1.75 bits per heavy atom. The van der Waals surface area contributed by atoms with Crippen LogP contribution in [0.3, 0.4) is 0 Å². The van der Waals surface area contributed by atoms with Crippen molar-refractivity contribution in [2.24, 2.45) is 11.5 Å². The molecule has 6 N–H and O–H groups in total. The number of nitrogens with two attached hydrogens (primary N) is 2. The van der Waals surface area contributed by atoms with Crippen molar-refractivity contribution in [3.8, 4) is 0 Å². The van der Waals surface area contributed by atoms with Crippen molar-refractivity contribution in [3.63, 3.8) is 0 Å². The lowest BCUT2D eigenvalue weighted by Gasteiger charge is -2.10. The topological polar surface area (TPSA) is 96.1 Å². The summed E-state index contributed by atoms with van der Waals surface area (Å²) in [4.78, 5) is 0. The Bertz CT molecular complexity index is 91.3. The predicted octanol–water partition coefficient (Wildman–Crippen LogP) is -1.37. The van der Waals surface area contributed by atoms with Gasteiger partial charge in [-0.1, -0.05) is 0 Å². The standard InChI is InChI=1S/C4H11N3O/c1-2(8)3(5)4(6)7/h2-3,8H,5H2,1H3,(H3,6,7)/t2-,3-/m1/s1. The minimum absolute atomic E-state index is 0.181. The Morgan fingerprint density at radius 2 is 2.12 bits per heavy atom. The number of aliphatic hydroxyl groups is 1. The summed E-state index contributed by atoms with van der Waals surface area (Å²) in [6, 6.07) is -0.713. The smallest absolute Gasteiger partial charge is 0.110 e. The summed E-state index contributed by atoms with van der Waals surface area (Å²) in [6.45, 7) is 1.49. The van der Waals surface area contributed by atoms with E-state index in [0.717, 1.165) is 0 Å². The highest BCUT2D eigenvalue weighted by Crippen LogP contribution is 1.84. The molecule has 0 aliphatic rings. The van der Waals surface area contributed by atoms with Crippen LogP contribution in [-0.4, -0.2) is 23.1 Å². The first-order valence-corrected chi connectivity index (χ1v) is 2.33. The quantitative estimate of drug-likeness (QED) is 0.265. The molecule has 0 radical (unpaired) electrons. The molecule has 8 heavy (non-hydrogen) atoms. The van der Waals surface area contributed by atoms with E-state index in [-0.39, 0.29) is 5.84 Å². The van der Waals surface area contributed by atoms with Crippen LogP contribution in [0, 0.1) is 5.41 Å². The molecule has 4 heteroatoms. The van der Waals surface area contributed by atoms with Gasteiger partial charge in [-0.2, -0.15) is 0 Å². The van der Waals surface area contributed by atoms with Gasteiger partial charge in [-0.3, -0.25) is 5.41 Å². The van der Waals surface area contributed by atoms with Crippen LogP contribution in [0.4, 0.5) is 0 Å². The minimum Gasteiger partial charge on any atom is -0.391 e. The maximum Gasteiger partial charge on any atom is 0.110 e. The molecule has 0 heterocycles.